The van der Waals surface area contributed by atoms with Gasteiger partial charge in [0.1, 0.15) is 11.5 Å². The summed E-state index contributed by atoms with van der Waals surface area (Å²) in [6.45, 7) is 5.43. The quantitative estimate of drug-likeness (QED) is 0.524. The number of benzene rings is 2. The highest BCUT2D eigenvalue weighted by Gasteiger charge is 2.33. The highest BCUT2D eigenvalue weighted by molar-refractivity contribution is 7.92. The van der Waals surface area contributed by atoms with E-state index in [2.05, 4.69) is 12.1 Å². The lowest BCUT2D eigenvalue weighted by molar-refractivity contribution is 0.278. The Hall–Kier alpha value is -1.81. The van der Waals surface area contributed by atoms with Gasteiger partial charge >= 0.3 is 0 Å². The zero-order valence-electron chi connectivity index (χ0n) is 17.9. The van der Waals surface area contributed by atoms with Crippen LogP contribution in [0.1, 0.15) is 58.4 Å². The monoisotopic (exact) mass is 414 g/mol. The molecule has 1 aliphatic rings. The number of ether oxygens (including phenoxy) is 1. The van der Waals surface area contributed by atoms with E-state index in [0.717, 1.165) is 43.6 Å². The second-order valence-corrected chi connectivity index (χ2v) is 12.2. The van der Waals surface area contributed by atoms with Crippen molar-refractivity contribution in [1.82, 2.24) is 0 Å². The molecule has 0 atom stereocenters. The minimum Gasteiger partial charge on any atom is -0.457 e. The molecule has 2 aromatic carbocycles. The number of rotatable bonds is 7. The molecular weight excluding hydrogens is 380 g/mol. The lowest BCUT2D eigenvalue weighted by atomic mass is 9.80. The van der Waals surface area contributed by atoms with E-state index in [4.69, 9.17) is 4.74 Å². The zero-order valence-corrected chi connectivity index (χ0v) is 18.8. The smallest absolute Gasteiger partial charge is 0.155 e. The molecule has 0 bridgehead atoms. The summed E-state index contributed by atoms with van der Waals surface area (Å²) in [5.74, 6) is 3.12. The molecule has 0 radical (unpaired) electrons. The van der Waals surface area contributed by atoms with Gasteiger partial charge in [0.05, 0.1) is 10.5 Å². The molecule has 158 valence electrons. The van der Waals surface area contributed by atoms with Crippen molar-refractivity contribution in [3.63, 3.8) is 0 Å². The van der Waals surface area contributed by atoms with Crippen molar-refractivity contribution in [1.29, 1.82) is 0 Å². The molecular formula is C25H34O3S. The zero-order chi connectivity index (χ0) is 20.9. The Bertz CT molecular complexity index is 857. The van der Waals surface area contributed by atoms with Crippen LogP contribution in [0.4, 0.5) is 0 Å². The van der Waals surface area contributed by atoms with Crippen molar-refractivity contribution in [3.8, 4) is 11.5 Å². The fraction of sp³-hybridized carbons (Fsp3) is 0.520. The summed E-state index contributed by atoms with van der Waals surface area (Å²) in [5.41, 5.74) is 1.34. The summed E-state index contributed by atoms with van der Waals surface area (Å²) >= 11 is 0. The Balaban J connectivity index is 1.42. The Morgan fingerprint density at radius 1 is 0.828 bits per heavy atom. The summed E-state index contributed by atoms with van der Waals surface area (Å²) in [6, 6.07) is 18.2. The van der Waals surface area contributed by atoms with E-state index in [1.54, 1.807) is 0 Å². The molecule has 0 saturated heterocycles. The molecule has 0 heterocycles. The van der Waals surface area contributed by atoms with Crippen LogP contribution in [0.5, 0.6) is 11.5 Å². The van der Waals surface area contributed by atoms with Gasteiger partial charge in [-0.3, -0.25) is 0 Å². The molecule has 0 aliphatic heterocycles. The Morgan fingerprint density at radius 2 is 1.38 bits per heavy atom. The number of aryl methyl sites for hydroxylation is 1. The van der Waals surface area contributed by atoms with Gasteiger partial charge < -0.3 is 4.74 Å². The van der Waals surface area contributed by atoms with E-state index in [0.29, 0.717) is 17.6 Å². The van der Waals surface area contributed by atoms with E-state index < -0.39 is 14.6 Å². The molecule has 3 nitrogen and oxygen atoms in total. The normalized spacial score (nSPS) is 20.4. The minimum absolute atomic E-state index is 0.338. The first kappa shape index (κ1) is 21.9. The maximum absolute atomic E-state index is 12.4. The molecule has 29 heavy (non-hydrogen) atoms. The molecule has 1 aliphatic carbocycles. The van der Waals surface area contributed by atoms with Gasteiger partial charge in [-0.2, -0.15) is 0 Å². The van der Waals surface area contributed by atoms with Crippen LogP contribution in [-0.2, 0) is 16.3 Å². The first-order valence-corrected chi connectivity index (χ1v) is 12.4. The molecule has 0 aromatic heterocycles. The third-order valence-corrected chi connectivity index (χ3v) is 8.87. The van der Waals surface area contributed by atoms with Gasteiger partial charge in [0.15, 0.2) is 9.84 Å². The van der Waals surface area contributed by atoms with Crippen LogP contribution >= 0.6 is 0 Å². The topological polar surface area (TPSA) is 43.4 Å². The minimum atomic E-state index is -3.01. The van der Waals surface area contributed by atoms with E-state index in [1.807, 2.05) is 63.2 Å². The van der Waals surface area contributed by atoms with Crippen LogP contribution < -0.4 is 4.74 Å². The Labute approximate surface area is 176 Å². The summed E-state index contributed by atoms with van der Waals surface area (Å²) in [6.07, 6.45) is 6.64. The highest BCUT2D eigenvalue weighted by Crippen LogP contribution is 2.34. The molecule has 4 heteroatoms. The largest absolute Gasteiger partial charge is 0.457 e. The highest BCUT2D eigenvalue weighted by atomic mass is 32.2. The fourth-order valence-electron chi connectivity index (χ4n) is 3.97. The van der Waals surface area contributed by atoms with E-state index in [1.165, 1.54) is 12.0 Å². The van der Waals surface area contributed by atoms with Gasteiger partial charge in [-0.05, 0) is 88.1 Å². The van der Waals surface area contributed by atoms with Gasteiger partial charge in [0.2, 0.25) is 0 Å². The third kappa shape index (κ3) is 6.33. The second-order valence-electron chi connectivity index (χ2n) is 9.38. The summed E-state index contributed by atoms with van der Waals surface area (Å²) in [5, 5.41) is 0. The Kier molecular flexibility index (Phi) is 7.05. The molecule has 3 rings (SSSR count). The Morgan fingerprint density at radius 3 is 1.97 bits per heavy atom. The van der Waals surface area contributed by atoms with E-state index >= 15 is 0 Å². The van der Waals surface area contributed by atoms with Crippen LogP contribution in [0.15, 0.2) is 54.6 Å². The maximum Gasteiger partial charge on any atom is 0.155 e. The number of para-hydroxylation sites is 1. The van der Waals surface area contributed by atoms with E-state index in [-0.39, 0.29) is 0 Å². The molecule has 0 spiro atoms. The second kappa shape index (κ2) is 9.34. The maximum atomic E-state index is 12.4. The fourth-order valence-corrected chi connectivity index (χ4v) is 5.42. The van der Waals surface area contributed by atoms with Crippen LogP contribution in [0.3, 0.4) is 0 Å². The lowest BCUT2D eigenvalue weighted by Crippen LogP contribution is -2.34. The van der Waals surface area contributed by atoms with Crippen molar-refractivity contribution < 1.29 is 13.2 Å². The standard InChI is InChI=1S/C25H34O3S/c1-25(2,3)29(26,27)19-22-13-11-20(12-14-22)9-10-21-15-17-24(18-16-21)28-23-7-5-4-6-8-23/h4-8,15-18,20,22H,9-14,19H2,1-3H3. The first-order valence-electron chi connectivity index (χ1n) is 10.8. The van der Waals surface area contributed by atoms with Crippen molar-refractivity contribution >= 4 is 9.84 Å². The molecule has 1 saturated carbocycles. The predicted octanol–water partition coefficient (Wildman–Crippen LogP) is 6.43. The van der Waals surface area contributed by atoms with Crippen molar-refractivity contribution in [3.05, 3.63) is 60.2 Å². The summed E-state index contributed by atoms with van der Waals surface area (Å²) in [7, 11) is -3.01. The average molecular weight is 415 g/mol. The molecule has 1 fully saturated rings. The third-order valence-electron chi connectivity index (χ3n) is 6.10. The number of hydrogen-bond donors (Lipinski definition) is 0. The van der Waals surface area contributed by atoms with E-state index in [9.17, 15) is 8.42 Å². The number of sulfone groups is 1. The molecule has 0 amide bonds. The molecule has 2 aromatic rings. The van der Waals surface area contributed by atoms with Crippen molar-refractivity contribution in [2.75, 3.05) is 5.75 Å². The van der Waals surface area contributed by atoms with Crippen LogP contribution in [0, 0.1) is 11.8 Å². The summed E-state index contributed by atoms with van der Waals surface area (Å²) < 4.78 is 30.1. The van der Waals surface area contributed by atoms with Gasteiger partial charge in [0.25, 0.3) is 0 Å². The van der Waals surface area contributed by atoms with Gasteiger partial charge in [-0.1, -0.05) is 43.2 Å². The van der Waals surface area contributed by atoms with Gasteiger partial charge in [0, 0.05) is 0 Å². The van der Waals surface area contributed by atoms with Crippen LogP contribution in [0.25, 0.3) is 0 Å². The van der Waals surface area contributed by atoms with Crippen LogP contribution in [0.2, 0.25) is 0 Å². The average Bonchev–Trinajstić information content (AvgIpc) is 2.68. The predicted molar refractivity (Wildman–Crippen MR) is 120 cm³/mol. The molecule has 0 N–H and O–H groups in total. The summed E-state index contributed by atoms with van der Waals surface area (Å²) in [4.78, 5) is 0. The lowest BCUT2D eigenvalue weighted by Gasteiger charge is -2.30. The van der Waals surface area contributed by atoms with Crippen LogP contribution in [-0.4, -0.2) is 18.9 Å². The number of hydrogen-bond acceptors (Lipinski definition) is 3. The SMILES string of the molecule is CC(C)(C)S(=O)(=O)CC1CCC(CCc2ccc(Oc3ccccc3)cc2)CC1. The van der Waals surface area contributed by atoms with Crippen molar-refractivity contribution in [2.24, 2.45) is 11.8 Å². The van der Waals surface area contributed by atoms with Gasteiger partial charge in [-0.25, -0.2) is 8.42 Å². The first-order chi connectivity index (χ1) is 13.7. The van der Waals surface area contributed by atoms with Crippen molar-refractivity contribution in [2.45, 2.75) is 64.0 Å². The molecule has 0 unspecified atom stereocenters. The van der Waals surface area contributed by atoms with Gasteiger partial charge in [-0.15, -0.1) is 0 Å².